The van der Waals surface area contributed by atoms with Crippen LogP contribution in [-0.4, -0.2) is 25.2 Å². The Kier molecular flexibility index (Phi) is 3.28. The molecular formula is C10H14O4. The van der Waals surface area contributed by atoms with Gasteiger partial charge in [-0.3, -0.25) is 9.59 Å². The van der Waals surface area contributed by atoms with Crippen LogP contribution in [0.25, 0.3) is 0 Å². The number of carbonyl (C=O) groups is 2. The lowest BCUT2D eigenvalue weighted by atomic mass is 10.3. The second-order valence-corrected chi connectivity index (χ2v) is 3.39. The Hall–Kier alpha value is -1.32. The van der Waals surface area contributed by atoms with Gasteiger partial charge in [0.25, 0.3) is 0 Å². The largest absolute Gasteiger partial charge is 0.465 e. The molecule has 0 aromatic carbocycles. The second kappa shape index (κ2) is 4.26. The zero-order chi connectivity index (χ0) is 10.7. The Balaban J connectivity index is 2.21. The standard InChI is InChI=1S/C10H14O4/c1-6-9(4-13-7(2)11)10(6)5-14-8(3)12/h9-10H,1,4-5H2,2-3H3/t9-,10+. The molecule has 4 nitrogen and oxygen atoms in total. The monoisotopic (exact) mass is 198 g/mol. The molecule has 0 radical (unpaired) electrons. The van der Waals surface area contributed by atoms with Gasteiger partial charge in [-0.05, 0) is 0 Å². The van der Waals surface area contributed by atoms with Gasteiger partial charge in [-0.25, -0.2) is 0 Å². The Morgan fingerprint density at radius 1 is 1.14 bits per heavy atom. The second-order valence-electron chi connectivity index (χ2n) is 3.39. The highest BCUT2D eigenvalue weighted by Gasteiger charge is 2.43. The Labute approximate surface area is 82.9 Å². The van der Waals surface area contributed by atoms with Gasteiger partial charge in [-0.15, -0.1) is 0 Å². The zero-order valence-electron chi connectivity index (χ0n) is 8.41. The Morgan fingerprint density at radius 3 is 1.79 bits per heavy atom. The van der Waals surface area contributed by atoms with Gasteiger partial charge in [0.15, 0.2) is 0 Å². The SMILES string of the molecule is C=C1[C@@H](COC(C)=O)[C@H]1COC(C)=O. The molecule has 1 fully saturated rings. The van der Waals surface area contributed by atoms with Gasteiger partial charge in [0.2, 0.25) is 0 Å². The van der Waals surface area contributed by atoms with Crippen molar-refractivity contribution in [1.29, 1.82) is 0 Å². The normalized spacial score (nSPS) is 24.3. The van der Waals surface area contributed by atoms with Crippen molar-refractivity contribution in [3.05, 3.63) is 12.2 Å². The summed E-state index contributed by atoms with van der Waals surface area (Å²) in [5, 5.41) is 0. The molecule has 1 rings (SSSR count). The highest BCUT2D eigenvalue weighted by molar-refractivity contribution is 5.66. The summed E-state index contributed by atoms with van der Waals surface area (Å²) in [6.07, 6.45) is 0. The summed E-state index contributed by atoms with van der Waals surface area (Å²) in [4.78, 5) is 21.0. The summed E-state index contributed by atoms with van der Waals surface area (Å²) < 4.78 is 9.67. The van der Waals surface area contributed by atoms with E-state index in [4.69, 9.17) is 9.47 Å². The summed E-state index contributed by atoms with van der Waals surface area (Å²) in [5.41, 5.74) is 0.993. The van der Waals surface area contributed by atoms with E-state index in [1.54, 1.807) is 0 Å². The van der Waals surface area contributed by atoms with Crippen molar-refractivity contribution >= 4 is 11.9 Å². The average Bonchev–Trinajstić information content (AvgIpc) is 2.69. The van der Waals surface area contributed by atoms with Crippen molar-refractivity contribution < 1.29 is 19.1 Å². The van der Waals surface area contributed by atoms with E-state index in [2.05, 4.69) is 6.58 Å². The summed E-state index contributed by atoms with van der Waals surface area (Å²) in [5.74, 6) is -0.261. The van der Waals surface area contributed by atoms with Crippen LogP contribution in [0.15, 0.2) is 12.2 Å². The lowest BCUT2D eigenvalue weighted by Gasteiger charge is -2.00. The van der Waals surface area contributed by atoms with E-state index in [-0.39, 0.29) is 23.8 Å². The van der Waals surface area contributed by atoms with E-state index in [0.29, 0.717) is 13.2 Å². The van der Waals surface area contributed by atoms with E-state index in [1.165, 1.54) is 13.8 Å². The molecule has 78 valence electrons. The molecule has 0 saturated heterocycles. The average molecular weight is 198 g/mol. The number of esters is 2. The molecule has 0 unspecified atom stereocenters. The van der Waals surface area contributed by atoms with Crippen LogP contribution in [0, 0.1) is 11.8 Å². The fourth-order valence-electron chi connectivity index (χ4n) is 1.31. The number of ether oxygens (including phenoxy) is 2. The highest BCUT2D eigenvalue weighted by Crippen LogP contribution is 2.44. The topological polar surface area (TPSA) is 52.6 Å². The van der Waals surface area contributed by atoms with Gasteiger partial charge >= 0.3 is 11.9 Å². The molecular weight excluding hydrogens is 184 g/mol. The van der Waals surface area contributed by atoms with Gasteiger partial charge in [0.05, 0.1) is 13.2 Å². The predicted molar refractivity (Wildman–Crippen MR) is 49.4 cm³/mol. The lowest BCUT2D eigenvalue weighted by Crippen LogP contribution is -2.07. The van der Waals surface area contributed by atoms with Gasteiger partial charge < -0.3 is 9.47 Å². The third kappa shape index (κ3) is 2.87. The first kappa shape index (κ1) is 10.8. The first-order valence-electron chi connectivity index (χ1n) is 4.47. The van der Waals surface area contributed by atoms with Gasteiger partial charge in [0, 0.05) is 25.7 Å². The molecule has 1 aliphatic rings. The maximum absolute atomic E-state index is 10.5. The molecule has 1 aliphatic carbocycles. The van der Waals surface area contributed by atoms with Gasteiger partial charge in [0.1, 0.15) is 0 Å². The van der Waals surface area contributed by atoms with Gasteiger partial charge in [-0.1, -0.05) is 12.2 Å². The molecule has 0 amide bonds. The first-order chi connectivity index (χ1) is 6.52. The molecule has 4 heteroatoms. The molecule has 2 atom stereocenters. The van der Waals surface area contributed by atoms with Crippen LogP contribution in [0.1, 0.15) is 13.8 Å². The maximum Gasteiger partial charge on any atom is 0.302 e. The van der Waals surface area contributed by atoms with Crippen molar-refractivity contribution in [2.24, 2.45) is 11.8 Å². The fourth-order valence-corrected chi connectivity index (χ4v) is 1.31. The van der Waals surface area contributed by atoms with Crippen molar-refractivity contribution in [3.8, 4) is 0 Å². The Bertz CT molecular complexity index is 243. The minimum absolute atomic E-state index is 0.165. The first-order valence-corrected chi connectivity index (χ1v) is 4.47. The van der Waals surface area contributed by atoms with E-state index < -0.39 is 0 Å². The molecule has 14 heavy (non-hydrogen) atoms. The quantitative estimate of drug-likeness (QED) is 0.497. The molecule has 0 aliphatic heterocycles. The Morgan fingerprint density at radius 2 is 1.50 bits per heavy atom. The molecule has 0 heterocycles. The van der Waals surface area contributed by atoms with Crippen molar-refractivity contribution in [2.45, 2.75) is 13.8 Å². The van der Waals surface area contributed by atoms with Crippen molar-refractivity contribution in [1.82, 2.24) is 0 Å². The van der Waals surface area contributed by atoms with E-state index in [9.17, 15) is 9.59 Å². The van der Waals surface area contributed by atoms with Crippen LogP contribution in [0.5, 0.6) is 0 Å². The number of hydrogen-bond acceptors (Lipinski definition) is 4. The van der Waals surface area contributed by atoms with Crippen LogP contribution in [0.3, 0.4) is 0 Å². The number of rotatable bonds is 4. The fraction of sp³-hybridized carbons (Fsp3) is 0.600. The molecule has 1 saturated carbocycles. The van der Waals surface area contributed by atoms with Crippen LogP contribution < -0.4 is 0 Å². The minimum Gasteiger partial charge on any atom is -0.465 e. The molecule has 0 N–H and O–H groups in total. The number of carbonyl (C=O) groups excluding carboxylic acids is 2. The van der Waals surface area contributed by atoms with E-state index in [0.717, 1.165) is 5.57 Å². The molecule has 0 bridgehead atoms. The zero-order valence-corrected chi connectivity index (χ0v) is 8.41. The smallest absolute Gasteiger partial charge is 0.302 e. The number of hydrogen-bond donors (Lipinski definition) is 0. The predicted octanol–water partition coefficient (Wildman–Crippen LogP) is 0.915. The van der Waals surface area contributed by atoms with Crippen molar-refractivity contribution in [2.75, 3.05) is 13.2 Å². The van der Waals surface area contributed by atoms with Crippen LogP contribution in [-0.2, 0) is 19.1 Å². The highest BCUT2D eigenvalue weighted by atomic mass is 16.5. The van der Waals surface area contributed by atoms with E-state index in [1.807, 2.05) is 0 Å². The maximum atomic E-state index is 10.5. The molecule has 0 spiro atoms. The summed E-state index contributed by atoms with van der Waals surface area (Å²) in [6.45, 7) is 7.23. The van der Waals surface area contributed by atoms with Crippen LogP contribution in [0.4, 0.5) is 0 Å². The van der Waals surface area contributed by atoms with Gasteiger partial charge in [-0.2, -0.15) is 0 Å². The minimum atomic E-state index is -0.295. The molecule has 0 aromatic heterocycles. The summed E-state index contributed by atoms with van der Waals surface area (Å²) in [7, 11) is 0. The van der Waals surface area contributed by atoms with Crippen molar-refractivity contribution in [3.63, 3.8) is 0 Å². The third-order valence-electron chi connectivity index (χ3n) is 2.26. The summed E-state index contributed by atoms with van der Waals surface area (Å²) in [6, 6.07) is 0. The summed E-state index contributed by atoms with van der Waals surface area (Å²) >= 11 is 0. The van der Waals surface area contributed by atoms with E-state index >= 15 is 0 Å². The third-order valence-corrected chi connectivity index (χ3v) is 2.26. The lowest BCUT2D eigenvalue weighted by molar-refractivity contribution is -0.143. The van der Waals surface area contributed by atoms with Crippen LogP contribution in [0.2, 0.25) is 0 Å². The van der Waals surface area contributed by atoms with Crippen LogP contribution >= 0.6 is 0 Å². The molecule has 0 aromatic rings.